The van der Waals surface area contributed by atoms with Crippen LogP contribution in [0.5, 0.6) is 0 Å². The van der Waals surface area contributed by atoms with Crippen molar-refractivity contribution in [2.24, 2.45) is 0 Å². The SMILES string of the molecule is CC.CCOC.CCc1ccc2c(=O)c3ccc(Cl)c(N(C)C)c3n(CC=O)c2n1. The molecule has 2 heterocycles. The number of hydrogen-bond donors (Lipinski definition) is 0. The summed E-state index contributed by atoms with van der Waals surface area (Å²) in [5.41, 5.74) is 2.63. The van der Waals surface area contributed by atoms with E-state index in [1.54, 1.807) is 29.9 Å². The Morgan fingerprint density at radius 3 is 2.23 bits per heavy atom. The molecule has 0 fully saturated rings. The molecule has 6 nitrogen and oxygen atoms in total. The van der Waals surface area contributed by atoms with Crippen LogP contribution < -0.4 is 10.3 Å². The maximum atomic E-state index is 12.9. The quantitative estimate of drug-likeness (QED) is 0.430. The molecule has 0 unspecified atom stereocenters. The number of nitrogens with zero attached hydrogens (tertiary/aromatic N) is 3. The van der Waals surface area contributed by atoms with E-state index < -0.39 is 0 Å². The lowest BCUT2D eigenvalue weighted by atomic mass is 10.1. The first kappa shape index (κ1) is 25.6. The van der Waals surface area contributed by atoms with Crippen molar-refractivity contribution in [1.29, 1.82) is 0 Å². The van der Waals surface area contributed by atoms with E-state index in [2.05, 4.69) is 9.72 Å². The summed E-state index contributed by atoms with van der Waals surface area (Å²) in [7, 11) is 5.40. The number of fused-ring (bicyclic) bond motifs is 2. The molecule has 3 rings (SSSR count). The van der Waals surface area contributed by atoms with E-state index in [9.17, 15) is 9.59 Å². The first-order valence-corrected chi connectivity index (χ1v) is 10.5. The fraction of sp³-hybridized carbons (Fsp3) is 0.435. The van der Waals surface area contributed by atoms with Gasteiger partial charge in [-0.3, -0.25) is 4.79 Å². The van der Waals surface area contributed by atoms with Crippen LogP contribution in [-0.4, -0.2) is 43.6 Å². The second-order valence-corrected chi connectivity index (χ2v) is 6.80. The Kier molecular flexibility index (Phi) is 10.5. The van der Waals surface area contributed by atoms with Gasteiger partial charge in [0, 0.05) is 38.9 Å². The van der Waals surface area contributed by atoms with Crippen LogP contribution in [0.15, 0.2) is 29.1 Å². The highest BCUT2D eigenvalue weighted by Gasteiger charge is 2.18. The second kappa shape index (κ2) is 12.3. The minimum Gasteiger partial charge on any atom is -0.385 e. The third-order valence-electron chi connectivity index (χ3n) is 4.40. The molecule has 2 aromatic heterocycles. The lowest BCUT2D eigenvalue weighted by Gasteiger charge is -2.21. The number of aryl methyl sites for hydroxylation is 1. The van der Waals surface area contributed by atoms with Gasteiger partial charge in [-0.25, -0.2) is 4.98 Å². The van der Waals surface area contributed by atoms with Gasteiger partial charge in [-0.1, -0.05) is 32.4 Å². The highest BCUT2D eigenvalue weighted by Crippen LogP contribution is 2.33. The van der Waals surface area contributed by atoms with Crippen LogP contribution in [0, 0.1) is 0 Å². The Labute approximate surface area is 183 Å². The van der Waals surface area contributed by atoms with E-state index in [0.717, 1.165) is 25.0 Å². The Bertz CT molecular complexity index is 1040. The van der Waals surface area contributed by atoms with Crippen molar-refractivity contribution in [3.05, 3.63) is 45.2 Å². The maximum absolute atomic E-state index is 12.9. The average molecular weight is 434 g/mol. The number of carbonyl (C=O) groups excluding carboxylic acids is 1. The molecule has 0 N–H and O–H groups in total. The number of ether oxygens (including phenoxy) is 1. The zero-order chi connectivity index (χ0) is 22.8. The zero-order valence-corrected chi connectivity index (χ0v) is 19.7. The molecule has 0 radical (unpaired) electrons. The summed E-state index contributed by atoms with van der Waals surface area (Å²) in [6.45, 7) is 8.88. The van der Waals surface area contributed by atoms with Crippen molar-refractivity contribution in [2.75, 3.05) is 32.7 Å². The molecule has 7 heteroatoms. The first-order chi connectivity index (χ1) is 14.4. The third-order valence-corrected chi connectivity index (χ3v) is 4.71. The molecule has 1 aromatic carbocycles. The topological polar surface area (TPSA) is 64.4 Å². The molecule has 0 saturated carbocycles. The maximum Gasteiger partial charge on any atom is 0.198 e. The van der Waals surface area contributed by atoms with Gasteiger partial charge in [-0.05, 0) is 37.6 Å². The summed E-state index contributed by atoms with van der Waals surface area (Å²) < 4.78 is 6.32. The third kappa shape index (κ3) is 5.37. The van der Waals surface area contributed by atoms with Crippen LogP contribution in [0.3, 0.4) is 0 Å². The van der Waals surface area contributed by atoms with Crippen molar-refractivity contribution >= 4 is 45.5 Å². The average Bonchev–Trinajstić information content (AvgIpc) is 2.77. The summed E-state index contributed by atoms with van der Waals surface area (Å²) in [5.74, 6) is 0. The van der Waals surface area contributed by atoms with Crippen molar-refractivity contribution < 1.29 is 9.53 Å². The summed E-state index contributed by atoms with van der Waals surface area (Å²) in [5, 5.41) is 1.56. The molecule has 0 aliphatic carbocycles. The summed E-state index contributed by atoms with van der Waals surface area (Å²) >= 11 is 6.37. The molecule has 0 amide bonds. The first-order valence-electron chi connectivity index (χ1n) is 10.2. The number of aromatic nitrogens is 2. The fourth-order valence-corrected chi connectivity index (χ4v) is 3.33. The molecule has 0 bridgehead atoms. The highest BCUT2D eigenvalue weighted by molar-refractivity contribution is 6.35. The molecular formula is C23H32ClN3O3. The number of hydrogen-bond acceptors (Lipinski definition) is 5. The molecule has 30 heavy (non-hydrogen) atoms. The minimum absolute atomic E-state index is 0.0999. The number of aldehydes is 1. The second-order valence-electron chi connectivity index (χ2n) is 6.40. The Morgan fingerprint density at radius 1 is 1.13 bits per heavy atom. The van der Waals surface area contributed by atoms with Crippen molar-refractivity contribution in [3.8, 4) is 0 Å². The number of carbonyl (C=O) groups is 1. The van der Waals surface area contributed by atoms with Gasteiger partial charge in [0.15, 0.2) is 5.43 Å². The molecule has 0 atom stereocenters. The summed E-state index contributed by atoms with van der Waals surface area (Å²) in [4.78, 5) is 30.7. The predicted molar refractivity (Wildman–Crippen MR) is 127 cm³/mol. The molecular weight excluding hydrogens is 402 g/mol. The largest absolute Gasteiger partial charge is 0.385 e. The summed E-state index contributed by atoms with van der Waals surface area (Å²) in [6.07, 6.45) is 1.56. The monoisotopic (exact) mass is 433 g/mol. The summed E-state index contributed by atoms with van der Waals surface area (Å²) in [6, 6.07) is 7.06. The number of anilines is 1. The van der Waals surface area contributed by atoms with Crippen molar-refractivity contribution in [2.45, 2.75) is 40.7 Å². The van der Waals surface area contributed by atoms with Crippen LogP contribution >= 0.6 is 11.6 Å². The fourth-order valence-electron chi connectivity index (χ4n) is 3.01. The smallest absolute Gasteiger partial charge is 0.198 e. The van der Waals surface area contributed by atoms with Crippen LogP contribution in [0.1, 0.15) is 33.4 Å². The zero-order valence-electron chi connectivity index (χ0n) is 19.0. The molecule has 0 aliphatic rings. The van der Waals surface area contributed by atoms with Crippen molar-refractivity contribution in [1.82, 2.24) is 9.55 Å². The number of rotatable bonds is 5. The molecule has 0 saturated heterocycles. The molecule has 3 aromatic rings. The number of methoxy groups -OCH3 is 1. The van der Waals surface area contributed by atoms with Gasteiger partial charge in [0.1, 0.15) is 11.9 Å². The van der Waals surface area contributed by atoms with E-state index in [1.807, 2.05) is 52.8 Å². The van der Waals surface area contributed by atoms with E-state index in [0.29, 0.717) is 32.6 Å². The van der Waals surface area contributed by atoms with E-state index >= 15 is 0 Å². The van der Waals surface area contributed by atoms with Gasteiger partial charge in [0.05, 0.1) is 28.2 Å². The number of pyridine rings is 2. The Balaban J connectivity index is 0.000000673. The normalized spacial score (nSPS) is 10.1. The van der Waals surface area contributed by atoms with Gasteiger partial charge in [0.2, 0.25) is 0 Å². The molecule has 164 valence electrons. The van der Waals surface area contributed by atoms with E-state index in [4.69, 9.17) is 11.6 Å². The van der Waals surface area contributed by atoms with E-state index in [1.165, 1.54) is 0 Å². The van der Waals surface area contributed by atoms with Gasteiger partial charge in [-0.15, -0.1) is 0 Å². The molecule has 0 aliphatic heterocycles. The van der Waals surface area contributed by atoms with Gasteiger partial charge < -0.3 is 19.0 Å². The minimum atomic E-state index is -0.0999. The van der Waals surface area contributed by atoms with Crippen LogP contribution in [0.4, 0.5) is 5.69 Å². The van der Waals surface area contributed by atoms with E-state index in [-0.39, 0.29) is 12.0 Å². The van der Waals surface area contributed by atoms with Gasteiger partial charge in [-0.2, -0.15) is 0 Å². The Morgan fingerprint density at radius 2 is 1.73 bits per heavy atom. The standard InChI is InChI=1S/C18H18ClN3O2.C3H8O.C2H6/c1-4-11-5-6-13-17(24)12-7-8-14(19)16(21(2)3)15(12)22(9-10-23)18(13)20-11;1-3-4-2;1-2/h5-8,10H,4,9H2,1-3H3;3H2,1-2H3;1-2H3. The molecule has 0 spiro atoms. The van der Waals surface area contributed by atoms with Gasteiger partial charge >= 0.3 is 0 Å². The highest BCUT2D eigenvalue weighted by atomic mass is 35.5. The lowest BCUT2D eigenvalue weighted by Crippen LogP contribution is -2.18. The van der Waals surface area contributed by atoms with Gasteiger partial charge in [0.25, 0.3) is 0 Å². The predicted octanol–water partition coefficient (Wildman–Crippen LogP) is 4.71. The number of halogens is 1. The van der Waals surface area contributed by atoms with Crippen molar-refractivity contribution in [3.63, 3.8) is 0 Å². The van der Waals surface area contributed by atoms with Crippen LogP contribution in [0.25, 0.3) is 21.9 Å². The van der Waals surface area contributed by atoms with Crippen LogP contribution in [-0.2, 0) is 22.5 Å². The number of benzene rings is 1. The van der Waals surface area contributed by atoms with Crippen LogP contribution in [0.2, 0.25) is 5.02 Å². The lowest BCUT2D eigenvalue weighted by molar-refractivity contribution is -0.108. The Hall–Kier alpha value is -2.44.